The van der Waals surface area contributed by atoms with Crippen molar-refractivity contribution in [2.24, 2.45) is 5.73 Å². The van der Waals surface area contributed by atoms with Gasteiger partial charge in [0.05, 0.1) is 0 Å². The van der Waals surface area contributed by atoms with Crippen LogP contribution in [0.2, 0.25) is 0 Å². The topological polar surface area (TPSA) is 62.5 Å². The minimum absolute atomic E-state index is 0.0103. The van der Waals surface area contributed by atoms with Gasteiger partial charge in [-0.05, 0) is 39.1 Å². The Labute approximate surface area is 124 Å². The third kappa shape index (κ3) is 3.32. The number of thiocarbonyl (C=S) groups is 1. The van der Waals surface area contributed by atoms with Crippen LogP contribution in [-0.2, 0) is 0 Å². The average Bonchev–Trinajstić information content (AvgIpc) is 2.85. The van der Waals surface area contributed by atoms with Crippen LogP contribution in [0.4, 0.5) is 0 Å². The lowest BCUT2D eigenvalue weighted by Crippen LogP contribution is -2.41. The lowest BCUT2D eigenvalue weighted by atomic mass is 10.2. The fraction of sp³-hybridized carbons (Fsp3) is 0.500. The summed E-state index contributed by atoms with van der Waals surface area (Å²) in [5, 5.41) is 0. The van der Waals surface area contributed by atoms with Crippen molar-refractivity contribution in [1.82, 2.24) is 14.8 Å². The van der Waals surface area contributed by atoms with Crippen LogP contribution in [0, 0.1) is 0 Å². The van der Waals surface area contributed by atoms with E-state index in [-0.39, 0.29) is 11.9 Å². The van der Waals surface area contributed by atoms with Crippen molar-refractivity contribution >= 4 is 23.1 Å². The molecule has 1 aliphatic heterocycles. The average molecular weight is 292 g/mol. The Hall–Kier alpha value is -1.53. The molecule has 1 fully saturated rings. The van der Waals surface area contributed by atoms with E-state index < -0.39 is 0 Å². The summed E-state index contributed by atoms with van der Waals surface area (Å²) in [6.45, 7) is 1.69. The van der Waals surface area contributed by atoms with Crippen molar-refractivity contribution in [3.63, 3.8) is 0 Å². The number of carbonyl (C=O) groups is 1. The summed E-state index contributed by atoms with van der Waals surface area (Å²) in [7, 11) is 4.05. The van der Waals surface area contributed by atoms with Crippen LogP contribution in [0.25, 0.3) is 0 Å². The van der Waals surface area contributed by atoms with E-state index in [1.54, 1.807) is 18.3 Å². The van der Waals surface area contributed by atoms with E-state index in [1.165, 1.54) is 0 Å². The van der Waals surface area contributed by atoms with E-state index in [0.717, 1.165) is 25.9 Å². The first-order valence-corrected chi connectivity index (χ1v) is 7.11. The first kappa shape index (κ1) is 14.9. The highest BCUT2D eigenvalue weighted by Gasteiger charge is 2.30. The van der Waals surface area contributed by atoms with Crippen LogP contribution in [0.3, 0.4) is 0 Å². The van der Waals surface area contributed by atoms with Crippen molar-refractivity contribution in [2.45, 2.75) is 18.9 Å². The highest BCUT2D eigenvalue weighted by atomic mass is 32.1. The molecule has 0 spiro atoms. The Morgan fingerprint density at radius 1 is 1.55 bits per heavy atom. The molecule has 2 N–H and O–H groups in total. The van der Waals surface area contributed by atoms with Gasteiger partial charge < -0.3 is 15.5 Å². The summed E-state index contributed by atoms with van der Waals surface area (Å²) in [6.07, 6.45) is 3.66. The number of carbonyl (C=O) groups excluding carboxylic acids is 1. The second-order valence-corrected chi connectivity index (χ2v) is 5.79. The second-order valence-electron chi connectivity index (χ2n) is 5.35. The zero-order chi connectivity index (χ0) is 14.7. The van der Waals surface area contributed by atoms with Crippen molar-refractivity contribution in [3.8, 4) is 0 Å². The summed E-state index contributed by atoms with van der Waals surface area (Å²) in [5.74, 6) is -0.0103. The smallest absolute Gasteiger partial charge is 0.272 e. The fourth-order valence-corrected chi connectivity index (χ4v) is 2.65. The maximum absolute atomic E-state index is 12.5. The molecule has 0 saturated carbocycles. The molecule has 2 heterocycles. The maximum Gasteiger partial charge on any atom is 0.272 e. The van der Waals surface area contributed by atoms with Crippen LogP contribution in [0.5, 0.6) is 0 Å². The number of likely N-dealkylation sites (N-methyl/N-ethyl adjacent to an activating group) is 1. The van der Waals surface area contributed by atoms with E-state index >= 15 is 0 Å². The van der Waals surface area contributed by atoms with Crippen LogP contribution >= 0.6 is 12.2 Å². The predicted molar refractivity (Wildman–Crippen MR) is 82.7 cm³/mol. The van der Waals surface area contributed by atoms with E-state index in [0.29, 0.717) is 16.2 Å². The summed E-state index contributed by atoms with van der Waals surface area (Å²) in [6, 6.07) is 3.72. The van der Waals surface area contributed by atoms with Gasteiger partial charge >= 0.3 is 0 Å². The summed E-state index contributed by atoms with van der Waals surface area (Å²) in [4.78, 5) is 21.0. The lowest BCUT2D eigenvalue weighted by molar-refractivity contribution is 0.0710. The van der Waals surface area contributed by atoms with Crippen molar-refractivity contribution in [2.75, 3.05) is 27.2 Å². The number of aromatic nitrogens is 1. The molecule has 0 aromatic carbocycles. The monoisotopic (exact) mass is 292 g/mol. The van der Waals surface area contributed by atoms with Gasteiger partial charge in [0.1, 0.15) is 10.7 Å². The molecule has 2 rings (SSSR count). The Kier molecular flexibility index (Phi) is 4.67. The molecule has 1 aliphatic rings. The largest absolute Gasteiger partial charge is 0.389 e. The van der Waals surface area contributed by atoms with Gasteiger partial charge in [-0.1, -0.05) is 12.2 Å². The molecule has 1 saturated heterocycles. The zero-order valence-corrected chi connectivity index (χ0v) is 12.7. The standard InChI is InChI=1S/C14H20N4OS/c1-17(2)9-11-4-3-7-18(11)14(19)12-6-5-10(8-16-12)13(15)20/h5-6,8,11H,3-4,7,9H2,1-2H3,(H2,15,20). The first-order chi connectivity index (χ1) is 9.49. The van der Waals surface area contributed by atoms with Gasteiger partial charge in [0.2, 0.25) is 0 Å². The molecule has 1 aromatic heterocycles. The maximum atomic E-state index is 12.5. The quantitative estimate of drug-likeness (QED) is 0.835. The molecule has 20 heavy (non-hydrogen) atoms. The molecular weight excluding hydrogens is 272 g/mol. The summed E-state index contributed by atoms with van der Waals surface area (Å²) >= 11 is 4.88. The van der Waals surface area contributed by atoms with Crippen molar-refractivity contribution in [3.05, 3.63) is 29.6 Å². The number of nitrogens with two attached hydrogens (primary N) is 1. The number of pyridine rings is 1. The summed E-state index contributed by atoms with van der Waals surface area (Å²) in [5.41, 5.74) is 6.67. The van der Waals surface area contributed by atoms with Crippen LogP contribution in [0.15, 0.2) is 18.3 Å². The summed E-state index contributed by atoms with van der Waals surface area (Å²) < 4.78 is 0. The minimum Gasteiger partial charge on any atom is -0.389 e. The molecule has 108 valence electrons. The van der Waals surface area contributed by atoms with E-state index in [1.807, 2.05) is 19.0 Å². The molecule has 1 unspecified atom stereocenters. The van der Waals surface area contributed by atoms with E-state index in [4.69, 9.17) is 18.0 Å². The van der Waals surface area contributed by atoms with Gasteiger partial charge in [0.15, 0.2) is 0 Å². The fourth-order valence-electron chi connectivity index (χ4n) is 2.53. The van der Waals surface area contributed by atoms with Crippen molar-refractivity contribution in [1.29, 1.82) is 0 Å². The molecule has 1 aromatic rings. The molecule has 1 atom stereocenters. The Morgan fingerprint density at radius 3 is 2.85 bits per heavy atom. The number of hydrogen-bond acceptors (Lipinski definition) is 4. The SMILES string of the molecule is CN(C)CC1CCCN1C(=O)c1ccc(C(N)=S)cn1. The van der Waals surface area contributed by atoms with Crippen LogP contribution in [-0.4, -0.2) is 58.9 Å². The van der Waals surface area contributed by atoms with E-state index in [2.05, 4.69) is 9.88 Å². The van der Waals surface area contributed by atoms with Gasteiger partial charge in [-0.25, -0.2) is 0 Å². The van der Waals surface area contributed by atoms with Gasteiger partial charge in [0.25, 0.3) is 5.91 Å². The molecule has 6 heteroatoms. The van der Waals surface area contributed by atoms with Gasteiger partial charge in [-0.3, -0.25) is 9.78 Å². The highest BCUT2D eigenvalue weighted by Crippen LogP contribution is 2.20. The molecule has 1 amide bonds. The number of nitrogens with zero attached hydrogens (tertiary/aromatic N) is 3. The first-order valence-electron chi connectivity index (χ1n) is 6.70. The van der Waals surface area contributed by atoms with E-state index in [9.17, 15) is 4.79 Å². The third-order valence-electron chi connectivity index (χ3n) is 3.48. The molecular formula is C14H20N4OS. The molecule has 0 radical (unpaired) electrons. The molecule has 5 nitrogen and oxygen atoms in total. The van der Waals surface area contributed by atoms with Crippen LogP contribution in [0.1, 0.15) is 28.9 Å². The lowest BCUT2D eigenvalue weighted by Gasteiger charge is -2.26. The zero-order valence-electron chi connectivity index (χ0n) is 11.9. The second kappa shape index (κ2) is 6.28. The van der Waals surface area contributed by atoms with Gasteiger partial charge in [0, 0.05) is 30.9 Å². The molecule has 0 bridgehead atoms. The Morgan fingerprint density at radius 2 is 2.30 bits per heavy atom. The van der Waals surface area contributed by atoms with Gasteiger partial charge in [-0.15, -0.1) is 0 Å². The Balaban J connectivity index is 2.11. The molecule has 0 aliphatic carbocycles. The minimum atomic E-state index is -0.0103. The number of amides is 1. The third-order valence-corrected chi connectivity index (χ3v) is 3.72. The normalized spacial score (nSPS) is 18.6. The Bertz CT molecular complexity index is 500. The van der Waals surface area contributed by atoms with Gasteiger partial charge in [-0.2, -0.15) is 0 Å². The number of rotatable bonds is 4. The predicted octanol–water partition coefficient (Wildman–Crippen LogP) is 0.882. The number of hydrogen-bond donors (Lipinski definition) is 1. The van der Waals surface area contributed by atoms with Crippen molar-refractivity contribution < 1.29 is 4.79 Å². The highest BCUT2D eigenvalue weighted by molar-refractivity contribution is 7.80. The van der Waals surface area contributed by atoms with Crippen LogP contribution < -0.4 is 5.73 Å². The number of likely N-dealkylation sites (tertiary alicyclic amines) is 1.